The molecule has 0 aromatic heterocycles. The van der Waals surface area contributed by atoms with E-state index < -0.39 is 18.4 Å². The third kappa shape index (κ3) is 8.33. The smallest absolute Gasteiger partial charge is 0.264 e. The van der Waals surface area contributed by atoms with Crippen LogP contribution in [0.4, 0.5) is 0 Å². The summed E-state index contributed by atoms with van der Waals surface area (Å²) in [5.74, 6) is 0.534. The van der Waals surface area contributed by atoms with E-state index in [4.69, 9.17) is 8.61 Å². The molecule has 0 bridgehead atoms. The van der Waals surface area contributed by atoms with E-state index >= 15 is 0 Å². The van der Waals surface area contributed by atoms with Crippen molar-refractivity contribution in [3.05, 3.63) is 0 Å². The summed E-state index contributed by atoms with van der Waals surface area (Å²) in [5, 5.41) is 0.241. The molecule has 1 saturated carbocycles. The molecular weight excluding hydrogens is 336 g/mol. The fraction of sp³-hybridized carbons (Fsp3) is 1.00. The van der Waals surface area contributed by atoms with Crippen molar-refractivity contribution in [2.24, 2.45) is 5.92 Å². The summed E-state index contributed by atoms with van der Waals surface area (Å²) >= 11 is 0. The second kappa shape index (κ2) is 9.06. The average molecular weight is 373 g/mol. The van der Waals surface area contributed by atoms with E-state index in [9.17, 15) is 8.42 Å². The van der Waals surface area contributed by atoms with Gasteiger partial charge in [-0.15, -0.1) is 0 Å². The summed E-state index contributed by atoms with van der Waals surface area (Å²) in [5.41, 5.74) is 0. The van der Waals surface area contributed by atoms with Crippen molar-refractivity contribution in [2.75, 3.05) is 12.9 Å². The molecule has 0 unspecified atom stereocenters. The lowest BCUT2D eigenvalue weighted by Gasteiger charge is -2.36. The minimum atomic E-state index is -3.32. The van der Waals surface area contributed by atoms with Crippen molar-refractivity contribution < 1.29 is 17.0 Å². The molecule has 4 nitrogen and oxygen atoms in total. The first-order chi connectivity index (χ1) is 8.91. The molecule has 0 amide bonds. The summed E-state index contributed by atoms with van der Waals surface area (Å²) < 4.78 is 33.5. The molecule has 0 aliphatic heterocycles. The van der Waals surface area contributed by atoms with E-state index in [1.807, 2.05) is 0 Å². The molecule has 0 saturated heterocycles. The normalized spacial score (nSPS) is 22.8. The van der Waals surface area contributed by atoms with E-state index in [-0.39, 0.29) is 32.1 Å². The molecule has 0 heterocycles. The summed E-state index contributed by atoms with van der Waals surface area (Å²) in [6.07, 6.45) is 4.74. The molecule has 1 fully saturated rings. The Morgan fingerprint density at radius 1 is 1.18 bits per heavy atom. The van der Waals surface area contributed by atoms with Gasteiger partial charge in [0.2, 0.25) is 0 Å². The van der Waals surface area contributed by atoms with E-state index in [0.29, 0.717) is 5.92 Å². The Bertz CT molecular complexity index is 416. The summed E-state index contributed by atoms with van der Waals surface area (Å²) in [6.45, 7) is 12.0. The van der Waals surface area contributed by atoms with Crippen LogP contribution in [0.2, 0.25) is 18.1 Å². The van der Waals surface area contributed by atoms with Crippen molar-refractivity contribution in [1.82, 2.24) is 0 Å². The average Bonchev–Trinajstić information content (AvgIpc) is 2.60. The monoisotopic (exact) mass is 372 g/mol. The third-order valence-electron chi connectivity index (χ3n) is 4.60. The Morgan fingerprint density at radius 2 is 1.73 bits per heavy atom. The van der Waals surface area contributed by atoms with Crippen LogP contribution in [0.1, 0.15) is 53.9 Å². The topological polar surface area (TPSA) is 52.6 Å². The largest absolute Gasteiger partial charge is 0.417 e. The van der Waals surface area contributed by atoms with Gasteiger partial charge in [-0.25, -0.2) is 0 Å². The van der Waals surface area contributed by atoms with Crippen LogP contribution in [0.3, 0.4) is 0 Å². The van der Waals surface area contributed by atoms with E-state index in [1.165, 1.54) is 0 Å². The second-order valence-electron chi connectivity index (χ2n) is 7.50. The number of rotatable bonds is 6. The lowest BCUT2D eigenvalue weighted by Crippen LogP contribution is -2.41. The highest BCUT2D eigenvalue weighted by molar-refractivity contribution is 7.86. The van der Waals surface area contributed by atoms with Crippen LogP contribution in [0, 0.1) is 5.92 Å². The van der Waals surface area contributed by atoms with Gasteiger partial charge < -0.3 is 4.43 Å². The molecule has 0 radical (unpaired) electrons. The SMILES string of the molecule is C.CC(C)(C)[Si](C)(C)OCC[C@H]1CC[C@H](OS(C)(=O)=O)C1.S. The van der Waals surface area contributed by atoms with Crippen LogP contribution in [0.15, 0.2) is 0 Å². The molecule has 0 aromatic rings. The van der Waals surface area contributed by atoms with Crippen LogP contribution in [-0.2, 0) is 18.7 Å². The molecule has 0 spiro atoms. The van der Waals surface area contributed by atoms with Crippen molar-refractivity contribution >= 4 is 31.9 Å². The first kappa shape index (κ1) is 24.7. The maximum Gasteiger partial charge on any atom is 0.264 e. The zero-order valence-corrected chi connectivity index (χ0v) is 17.0. The maximum absolute atomic E-state index is 11.1. The number of hydrogen-bond acceptors (Lipinski definition) is 4. The highest BCUT2D eigenvalue weighted by Crippen LogP contribution is 2.37. The van der Waals surface area contributed by atoms with Crippen LogP contribution in [0.25, 0.3) is 0 Å². The molecule has 0 aromatic carbocycles. The molecule has 136 valence electrons. The third-order valence-corrected chi connectivity index (χ3v) is 9.76. The van der Waals surface area contributed by atoms with Gasteiger partial charge in [-0.1, -0.05) is 28.2 Å². The van der Waals surface area contributed by atoms with Crippen molar-refractivity contribution in [3.63, 3.8) is 0 Å². The van der Waals surface area contributed by atoms with Gasteiger partial charge in [-0.3, -0.25) is 4.18 Å². The molecular formula is C15H36O4S2Si. The first-order valence-electron chi connectivity index (χ1n) is 7.43. The lowest BCUT2D eigenvalue weighted by atomic mass is 10.1. The molecule has 1 rings (SSSR count). The quantitative estimate of drug-likeness (QED) is 0.515. The van der Waals surface area contributed by atoms with Crippen molar-refractivity contribution in [1.29, 1.82) is 0 Å². The Morgan fingerprint density at radius 3 is 2.18 bits per heavy atom. The number of hydrogen-bond donors (Lipinski definition) is 0. The van der Waals surface area contributed by atoms with Gasteiger partial charge in [0, 0.05) is 6.61 Å². The van der Waals surface area contributed by atoms with Crippen LogP contribution >= 0.6 is 13.5 Å². The van der Waals surface area contributed by atoms with Gasteiger partial charge in [-0.05, 0) is 49.7 Å². The highest BCUT2D eigenvalue weighted by Gasteiger charge is 2.37. The van der Waals surface area contributed by atoms with Gasteiger partial charge in [0.15, 0.2) is 8.32 Å². The van der Waals surface area contributed by atoms with E-state index in [0.717, 1.165) is 38.5 Å². The zero-order chi connectivity index (χ0) is 15.6. The van der Waals surface area contributed by atoms with Gasteiger partial charge in [-0.2, -0.15) is 21.9 Å². The Balaban J connectivity index is 0. The fourth-order valence-electron chi connectivity index (χ4n) is 2.32. The maximum atomic E-state index is 11.1. The molecule has 1 aliphatic carbocycles. The molecule has 1 aliphatic rings. The molecule has 7 heteroatoms. The highest BCUT2D eigenvalue weighted by atomic mass is 32.2. The van der Waals surface area contributed by atoms with Crippen LogP contribution < -0.4 is 0 Å². The van der Waals surface area contributed by atoms with Gasteiger partial charge in [0.25, 0.3) is 10.1 Å². The molecule has 2 atom stereocenters. The predicted molar refractivity (Wildman–Crippen MR) is 102 cm³/mol. The van der Waals surface area contributed by atoms with Crippen molar-refractivity contribution in [3.8, 4) is 0 Å². The molecule has 0 N–H and O–H groups in total. The lowest BCUT2D eigenvalue weighted by molar-refractivity contribution is 0.206. The van der Waals surface area contributed by atoms with Crippen molar-refractivity contribution in [2.45, 2.75) is 78.1 Å². The van der Waals surface area contributed by atoms with Crippen LogP contribution in [0.5, 0.6) is 0 Å². The zero-order valence-electron chi connectivity index (χ0n) is 14.2. The predicted octanol–water partition coefficient (Wildman–Crippen LogP) is 4.29. The Kier molecular flexibility index (Phi) is 10.2. The van der Waals surface area contributed by atoms with Gasteiger partial charge in [0.05, 0.1) is 12.4 Å². The van der Waals surface area contributed by atoms with E-state index in [2.05, 4.69) is 33.9 Å². The first-order valence-corrected chi connectivity index (χ1v) is 12.2. The minimum absolute atomic E-state index is 0. The summed E-state index contributed by atoms with van der Waals surface area (Å²) in [7, 11) is -4.98. The van der Waals surface area contributed by atoms with Gasteiger partial charge in [0.1, 0.15) is 0 Å². The standard InChI is InChI=1S/C14H30O4SSi.CH4.H2S/c1-14(2,3)20(5,6)17-10-9-12-7-8-13(11-12)18-19(4,15)16;;/h12-13H,7-11H2,1-6H3;1H4;1H2/t12-,13+;;/m1../s1. The summed E-state index contributed by atoms with van der Waals surface area (Å²) in [6, 6.07) is 0. The minimum Gasteiger partial charge on any atom is -0.417 e. The second-order valence-corrected chi connectivity index (χ2v) is 13.9. The van der Waals surface area contributed by atoms with Crippen LogP contribution in [-0.4, -0.2) is 35.7 Å². The van der Waals surface area contributed by atoms with Gasteiger partial charge >= 0.3 is 0 Å². The van der Waals surface area contributed by atoms with E-state index in [1.54, 1.807) is 0 Å². The molecule has 22 heavy (non-hydrogen) atoms. The Labute approximate surface area is 146 Å². The fourth-order valence-corrected chi connectivity index (χ4v) is 4.05. The summed E-state index contributed by atoms with van der Waals surface area (Å²) in [4.78, 5) is 0. The Hall–Kier alpha value is 0.437.